The third-order valence-electron chi connectivity index (χ3n) is 5.22. The van der Waals surface area contributed by atoms with Crippen molar-refractivity contribution in [1.82, 2.24) is 14.5 Å². The maximum atomic E-state index is 12.7. The van der Waals surface area contributed by atoms with Gasteiger partial charge < -0.3 is 5.32 Å². The number of aryl methyl sites for hydroxylation is 2. The highest BCUT2D eigenvalue weighted by Crippen LogP contribution is 2.18. The molecule has 2 aromatic rings. The van der Waals surface area contributed by atoms with E-state index in [1.807, 2.05) is 49.4 Å². The number of carbonyl (C=O) groups is 1. The molecule has 0 unspecified atom stereocenters. The molecule has 29 heavy (non-hydrogen) atoms. The van der Waals surface area contributed by atoms with Gasteiger partial charge in [-0.15, -0.1) is 0 Å². The highest BCUT2D eigenvalue weighted by molar-refractivity contribution is 7.89. The van der Waals surface area contributed by atoms with Gasteiger partial charge in [0.2, 0.25) is 15.9 Å². The zero-order valence-corrected chi connectivity index (χ0v) is 17.7. The predicted molar refractivity (Wildman–Crippen MR) is 114 cm³/mol. The SMILES string of the molecule is Cc1ccc(S(=O)(=O)N2CCN(CCNC(=O)CCc3ccccc3)CC2)cc1. The van der Waals surface area contributed by atoms with Gasteiger partial charge in [-0.3, -0.25) is 9.69 Å². The van der Waals surface area contributed by atoms with Crippen molar-refractivity contribution in [1.29, 1.82) is 0 Å². The van der Waals surface area contributed by atoms with Crippen molar-refractivity contribution in [2.75, 3.05) is 39.3 Å². The lowest BCUT2D eigenvalue weighted by Gasteiger charge is -2.34. The van der Waals surface area contributed by atoms with Crippen LogP contribution in [0.25, 0.3) is 0 Å². The molecular formula is C22H29N3O3S. The summed E-state index contributed by atoms with van der Waals surface area (Å²) in [5.41, 5.74) is 2.20. The molecule has 1 aliphatic rings. The van der Waals surface area contributed by atoms with Crippen LogP contribution in [0.1, 0.15) is 17.5 Å². The van der Waals surface area contributed by atoms with Gasteiger partial charge in [0.25, 0.3) is 0 Å². The van der Waals surface area contributed by atoms with E-state index in [4.69, 9.17) is 0 Å². The van der Waals surface area contributed by atoms with Crippen molar-refractivity contribution >= 4 is 15.9 Å². The van der Waals surface area contributed by atoms with Crippen LogP contribution in [0.4, 0.5) is 0 Å². The van der Waals surface area contributed by atoms with Crippen LogP contribution in [0.3, 0.4) is 0 Å². The van der Waals surface area contributed by atoms with Crippen LogP contribution in [-0.4, -0.2) is 62.8 Å². The molecule has 0 bridgehead atoms. The van der Waals surface area contributed by atoms with E-state index in [-0.39, 0.29) is 5.91 Å². The van der Waals surface area contributed by atoms with Crippen LogP contribution in [0, 0.1) is 6.92 Å². The first-order chi connectivity index (χ1) is 13.9. The van der Waals surface area contributed by atoms with Gasteiger partial charge in [0.15, 0.2) is 0 Å². The number of amides is 1. The Morgan fingerprint density at radius 3 is 2.28 bits per heavy atom. The zero-order chi connectivity index (χ0) is 20.7. The van der Waals surface area contributed by atoms with Crippen molar-refractivity contribution in [3.63, 3.8) is 0 Å². The van der Waals surface area contributed by atoms with Gasteiger partial charge in [-0.1, -0.05) is 48.0 Å². The second-order valence-corrected chi connectivity index (χ2v) is 9.33. The van der Waals surface area contributed by atoms with Gasteiger partial charge >= 0.3 is 0 Å². The number of rotatable bonds is 8. The van der Waals surface area contributed by atoms with Crippen LogP contribution in [0.5, 0.6) is 0 Å². The third kappa shape index (κ3) is 6.13. The highest BCUT2D eigenvalue weighted by atomic mass is 32.2. The fourth-order valence-electron chi connectivity index (χ4n) is 3.40. The number of benzene rings is 2. The standard InChI is InChI=1S/C22H29N3O3S/c1-19-7-10-21(11-8-19)29(27,28)25-17-15-24(16-18-25)14-13-23-22(26)12-9-20-5-3-2-4-6-20/h2-8,10-11H,9,12-18H2,1H3,(H,23,26). The summed E-state index contributed by atoms with van der Waals surface area (Å²) < 4.78 is 27.0. The minimum Gasteiger partial charge on any atom is -0.355 e. The van der Waals surface area contributed by atoms with Gasteiger partial charge in [-0.2, -0.15) is 4.31 Å². The Hall–Kier alpha value is -2.22. The predicted octanol–water partition coefficient (Wildman–Crippen LogP) is 2.05. The average molecular weight is 416 g/mol. The fraction of sp³-hybridized carbons (Fsp3) is 0.409. The summed E-state index contributed by atoms with van der Waals surface area (Å²) in [6.07, 6.45) is 1.22. The first-order valence-corrected chi connectivity index (χ1v) is 11.5. The van der Waals surface area contributed by atoms with E-state index in [0.717, 1.165) is 24.1 Å². The largest absolute Gasteiger partial charge is 0.355 e. The van der Waals surface area contributed by atoms with Gasteiger partial charge in [0, 0.05) is 45.7 Å². The first-order valence-electron chi connectivity index (χ1n) is 10.0. The molecule has 2 aromatic carbocycles. The van der Waals surface area contributed by atoms with Gasteiger partial charge in [-0.25, -0.2) is 8.42 Å². The minimum absolute atomic E-state index is 0.0504. The van der Waals surface area contributed by atoms with Crippen molar-refractivity contribution in [3.8, 4) is 0 Å². The van der Waals surface area contributed by atoms with E-state index in [1.54, 1.807) is 16.4 Å². The number of hydrogen-bond donors (Lipinski definition) is 1. The lowest BCUT2D eigenvalue weighted by molar-refractivity contribution is -0.121. The molecule has 0 saturated carbocycles. The lowest BCUT2D eigenvalue weighted by atomic mass is 10.1. The molecule has 7 heteroatoms. The van der Waals surface area contributed by atoms with E-state index in [0.29, 0.717) is 44.0 Å². The molecule has 1 aliphatic heterocycles. The van der Waals surface area contributed by atoms with E-state index in [2.05, 4.69) is 10.2 Å². The Labute approximate surface area is 173 Å². The Morgan fingerprint density at radius 1 is 0.966 bits per heavy atom. The summed E-state index contributed by atoms with van der Waals surface area (Å²) in [7, 11) is -3.43. The van der Waals surface area contributed by atoms with Crippen molar-refractivity contribution in [2.45, 2.75) is 24.7 Å². The van der Waals surface area contributed by atoms with E-state index < -0.39 is 10.0 Å². The summed E-state index contributed by atoms with van der Waals surface area (Å²) in [4.78, 5) is 14.5. The molecule has 0 aliphatic carbocycles. The normalized spacial score (nSPS) is 15.9. The van der Waals surface area contributed by atoms with Crippen LogP contribution < -0.4 is 5.32 Å². The van der Waals surface area contributed by atoms with E-state index in [9.17, 15) is 13.2 Å². The topological polar surface area (TPSA) is 69.7 Å². The van der Waals surface area contributed by atoms with Gasteiger partial charge in [0.05, 0.1) is 4.90 Å². The molecule has 1 fully saturated rings. The molecule has 1 N–H and O–H groups in total. The monoisotopic (exact) mass is 415 g/mol. The summed E-state index contributed by atoms with van der Waals surface area (Å²) >= 11 is 0. The molecule has 0 atom stereocenters. The van der Waals surface area contributed by atoms with Crippen molar-refractivity contribution < 1.29 is 13.2 Å². The first kappa shape index (κ1) is 21.5. The molecule has 0 aromatic heterocycles. The third-order valence-corrected chi connectivity index (χ3v) is 7.14. The van der Waals surface area contributed by atoms with Crippen LogP contribution in [-0.2, 0) is 21.2 Å². The van der Waals surface area contributed by atoms with Crippen LogP contribution in [0.2, 0.25) is 0 Å². The Bertz CT molecular complexity index is 891. The molecular weight excluding hydrogens is 386 g/mol. The molecule has 0 spiro atoms. The summed E-state index contributed by atoms with van der Waals surface area (Å²) in [6.45, 7) is 5.54. The lowest BCUT2D eigenvalue weighted by Crippen LogP contribution is -2.50. The number of carbonyl (C=O) groups excluding carboxylic acids is 1. The smallest absolute Gasteiger partial charge is 0.243 e. The second kappa shape index (κ2) is 10.0. The molecule has 0 radical (unpaired) electrons. The molecule has 156 valence electrons. The Morgan fingerprint density at radius 2 is 1.62 bits per heavy atom. The highest BCUT2D eigenvalue weighted by Gasteiger charge is 2.28. The van der Waals surface area contributed by atoms with Crippen molar-refractivity contribution in [3.05, 3.63) is 65.7 Å². The molecule has 3 rings (SSSR count). The van der Waals surface area contributed by atoms with Crippen LogP contribution >= 0.6 is 0 Å². The minimum atomic E-state index is -3.43. The molecule has 1 amide bonds. The summed E-state index contributed by atoms with van der Waals surface area (Å²) in [5.74, 6) is 0.0504. The number of nitrogens with one attached hydrogen (secondary N) is 1. The number of hydrogen-bond acceptors (Lipinski definition) is 4. The number of sulfonamides is 1. The molecule has 6 nitrogen and oxygen atoms in total. The zero-order valence-electron chi connectivity index (χ0n) is 16.9. The second-order valence-electron chi connectivity index (χ2n) is 7.39. The summed E-state index contributed by atoms with van der Waals surface area (Å²) in [6, 6.07) is 17.0. The maximum Gasteiger partial charge on any atom is 0.243 e. The number of nitrogens with zero attached hydrogens (tertiary/aromatic N) is 2. The van der Waals surface area contributed by atoms with Crippen LogP contribution in [0.15, 0.2) is 59.5 Å². The average Bonchev–Trinajstić information content (AvgIpc) is 2.74. The molecule has 1 saturated heterocycles. The Kier molecular flexibility index (Phi) is 7.41. The van der Waals surface area contributed by atoms with E-state index in [1.165, 1.54) is 0 Å². The number of piperazine rings is 1. The maximum absolute atomic E-state index is 12.7. The summed E-state index contributed by atoms with van der Waals surface area (Å²) in [5, 5.41) is 2.96. The van der Waals surface area contributed by atoms with Crippen molar-refractivity contribution in [2.24, 2.45) is 0 Å². The van der Waals surface area contributed by atoms with Gasteiger partial charge in [-0.05, 0) is 31.0 Å². The molecule has 1 heterocycles. The fourth-order valence-corrected chi connectivity index (χ4v) is 4.82. The Balaban J connectivity index is 1.37. The van der Waals surface area contributed by atoms with Gasteiger partial charge in [0.1, 0.15) is 0 Å². The quantitative estimate of drug-likeness (QED) is 0.716. The van der Waals surface area contributed by atoms with E-state index >= 15 is 0 Å².